The Balaban J connectivity index is 1.91. The highest BCUT2D eigenvalue weighted by Gasteiger charge is 2.07. The molecule has 2 amide bonds. The highest BCUT2D eigenvalue weighted by molar-refractivity contribution is 6.00. The standard InChI is InChI=1S/C18H20N2O4/c1-3-23-16-11-9-15(10-12-16)20-18(22)19-14-7-5-13(6-8-14)17(21)24-4-2/h5-12H,3-4H2,1-2H3,(H2,19,20,22). The van der Waals surface area contributed by atoms with Gasteiger partial charge in [-0.15, -0.1) is 0 Å². The Morgan fingerprint density at radius 2 is 1.38 bits per heavy atom. The molecule has 0 atom stereocenters. The minimum absolute atomic E-state index is 0.323. The van der Waals surface area contributed by atoms with Crippen LogP contribution in [0.2, 0.25) is 0 Å². The van der Waals surface area contributed by atoms with Gasteiger partial charge < -0.3 is 20.1 Å². The van der Waals surface area contributed by atoms with Crippen LogP contribution in [0.5, 0.6) is 5.75 Å². The van der Waals surface area contributed by atoms with E-state index >= 15 is 0 Å². The summed E-state index contributed by atoms with van der Waals surface area (Å²) in [7, 11) is 0. The van der Waals surface area contributed by atoms with Crippen LogP contribution in [-0.2, 0) is 4.74 Å². The van der Waals surface area contributed by atoms with Crippen molar-refractivity contribution >= 4 is 23.4 Å². The average Bonchev–Trinajstić information content (AvgIpc) is 2.58. The molecule has 2 aromatic carbocycles. The molecule has 6 heteroatoms. The number of amides is 2. The molecule has 0 fully saturated rings. The molecule has 24 heavy (non-hydrogen) atoms. The van der Waals surface area contributed by atoms with Crippen molar-refractivity contribution in [3.63, 3.8) is 0 Å². The molecule has 0 unspecified atom stereocenters. The highest BCUT2D eigenvalue weighted by atomic mass is 16.5. The summed E-state index contributed by atoms with van der Waals surface area (Å²) in [4.78, 5) is 23.5. The molecule has 0 bridgehead atoms. The molecule has 2 rings (SSSR count). The minimum atomic E-state index is -0.386. The Kier molecular flexibility index (Phi) is 6.19. The van der Waals surface area contributed by atoms with Gasteiger partial charge in [0.1, 0.15) is 5.75 Å². The molecular weight excluding hydrogens is 308 g/mol. The summed E-state index contributed by atoms with van der Waals surface area (Å²) in [6, 6.07) is 13.2. The van der Waals surface area contributed by atoms with Gasteiger partial charge in [-0.3, -0.25) is 0 Å². The third kappa shape index (κ3) is 5.01. The molecule has 0 saturated heterocycles. The molecule has 0 aromatic heterocycles. The van der Waals surface area contributed by atoms with Crippen molar-refractivity contribution in [1.82, 2.24) is 0 Å². The van der Waals surface area contributed by atoms with Crippen LogP contribution in [0.3, 0.4) is 0 Å². The van der Waals surface area contributed by atoms with Crippen molar-refractivity contribution < 1.29 is 19.1 Å². The van der Waals surface area contributed by atoms with E-state index in [-0.39, 0.29) is 12.0 Å². The van der Waals surface area contributed by atoms with Gasteiger partial charge in [0.05, 0.1) is 18.8 Å². The largest absolute Gasteiger partial charge is 0.494 e. The van der Waals surface area contributed by atoms with E-state index in [0.717, 1.165) is 5.75 Å². The minimum Gasteiger partial charge on any atom is -0.494 e. The van der Waals surface area contributed by atoms with E-state index in [2.05, 4.69) is 10.6 Å². The summed E-state index contributed by atoms with van der Waals surface area (Å²) in [6.07, 6.45) is 0. The quantitative estimate of drug-likeness (QED) is 0.788. The molecule has 0 aliphatic rings. The van der Waals surface area contributed by atoms with Crippen molar-refractivity contribution in [2.75, 3.05) is 23.8 Å². The van der Waals surface area contributed by atoms with E-state index in [1.165, 1.54) is 0 Å². The maximum absolute atomic E-state index is 12.0. The smallest absolute Gasteiger partial charge is 0.338 e. The lowest BCUT2D eigenvalue weighted by atomic mass is 10.2. The summed E-state index contributed by atoms with van der Waals surface area (Å²) in [5.74, 6) is 0.362. The fourth-order valence-corrected chi connectivity index (χ4v) is 2.00. The van der Waals surface area contributed by atoms with E-state index in [1.807, 2.05) is 6.92 Å². The summed E-state index contributed by atoms with van der Waals surface area (Å²) >= 11 is 0. The van der Waals surface area contributed by atoms with Crippen molar-refractivity contribution in [3.05, 3.63) is 54.1 Å². The molecule has 0 heterocycles. The van der Waals surface area contributed by atoms with Gasteiger partial charge in [-0.25, -0.2) is 9.59 Å². The van der Waals surface area contributed by atoms with Gasteiger partial charge in [-0.1, -0.05) is 0 Å². The molecule has 126 valence electrons. The fraction of sp³-hybridized carbons (Fsp3) is 0.222. The lowest BCUT2D eigenvalue weighted by molar-refractivity contribution is 0.0526. The molecular formula is C18H20N2O4. The first-order chi connectivity index (χ1) is 11.6. The number of urea groups is 1. The second-order valence-corrected chi connectivity index (χ2v) is 4.83. The summed E-state index contributed by atoms with van der Waals surface area (Å²) in [5.41, 5.74) is 1.67. The normalized spacial score (nSPS) is 9.92. The molecule has 0 radical (unpaired) electrons. The zero-order valence-corrected chi connectivity index (χ0v) is 13.7. The Morgan fingerprint density at radius 3 is 1.88 bits per heavy atom. The number of rotatable bonds is 6. The van der Waals surface area contributed by atoms with Crippen molar-refractivity contribution in [1.29, 1.82) is 0 Å². The highest BCUT2D eigenvalue weighted by Crippen LogP contribution is 2.16. The maximum Gasteiger partial charge on any atom is 0.338 e. The summed E-state index contributed by atoms with van der Waals surface area (Å²) < 4.78 is 10.2. The summed E-state index contributed by atoms with van der Waals surface area (Å²) in [5, 5.41) is 5.42. The van der Waals surface area contributed by atoms with Gasteiger partial charge in [-0.05, 0) is 62.4 Å². The van der Waals surface area contributed by atoms with Gasteiger partial charge in [0, 0.05) is 11.4 Å². The second-order valence-electron chi connectivity index (χ2n) is 4.83. The van der Waals surface area contributed by atoms with Crippen LogP contribution in [0.15, 0.2) is 48.5 Å². The Morgan fingerprint density at radius 1 is 0.833 bits per heavy atom. The van der Waals surface area contributed by atoms with Gasteiger partial charge in [0.15, 0.2) is 0 Å². The van der Waals surface area contributed by atoms with Crippen LogP contribution in [0.4, 0.5) is 16.2 Å². The Labute approximate surface area is 140 Å². The van der Waals surface area contributed by atoms with E-state index in [0.29, 0.717) is 30.2 Å². The van der Waals surface area contributed by atoms with Crippen LogP contribution in [-0.4, -0.2) is 25.2 Å². The molecule has 0 spiro atoms. The number of hydrogen-bond acceptors (Lipinski definition) is 4. The third-order valence-corrected chi connectivity index (χ3v) is 3.08. The first kappa shape index (κ1) is 17.3. The van der Waals surface area contributed by atoms with Gasteiger partial charge >= 0.3 is 12.0 Å². The first-order valence-corrected chi connectivity index (χ1v) is 7.70. The summed E-state index contributed by atoms with van der Waals surface area (Å²) in [6.45, 7) is 4.57. The van der Waals surface area contributed by atoms with Crippen LogP contribution >= 0.6 is 0 Å². The number of carbonyl (C=O) groups excluding carboxylic acids is 2. The average molecular weight is 328 g/mol. The monoisotopic (exact) mass is 328 g/mol. The zero-order valence-electron chi connectivity index (χ0n) is 13.7. The number of carbonyl (C=O) groups is 2. The molecule has 0 aliphatic heterocycles. The Hall–Kier alpha value is -3.02. The predicted molar refractivity (Wildman–Crippen MR) is 92.7 cm³/mol. The molecule has 0 aliphatic carbocycles. The lowest BCUT2D eigenvalue weighted by Crippen LogP contribution is -2.19. The van der Waals surface area contributed by atoms with Crippen LogP contribution in [0, 0.1) is 0 Å². The van der Waals surface area contributed by atoms with Gasteiger partial charge in [-0.2, -0.15) is 0 Å². The van der Waals surface area contributed by atoms with Crippen LogP contribution in [0.1, 0.15) is 24.2 Å². The number of esters is 1. The van der Waals surface area contributed by atoms with E-state index in [9.17, 15) is 9.59 Å². The Bertz CT molecular complexity index is 681. The van der Waals surface area contributed by atoms with Crippen molar-refractivity contribution in [2.24, 2.45) is 0 Å². The van der Waals surface area contributed by atoms with E-state index < -0.39 is 0 Å². The predicted octanol–water partition coefficient (Wildman–Crippen LogP) is 3.91. The van der Waals surface area contributed by atoms with Crippen LogP contribution < -0.4 is 15.4 Å². The van der Waals surface area contributed by atoms with E-state index in [1.54, 1.807) is 55.5 Å². The number of nitrogens with one attached hydrogen (secondary N) is 2. The lowest BCUT2D eigenvalue weighted by Gasteiger charge is -2.09. The van der Waals surface area contributed by atoms with Gasteiger partial charge in [0.2, 0.25) is 0 Å². The maximum atomic E-state index is 12.0. The first-order valence-electron chi connectivity index (χ1n) is 7.70. The van der Waals surface area contributed by atoms with Crippen molar-refractivity contribution in [2.45, 2.75) is 13.8 Å². The SMILES string of the molecule is CCOC(=O)c1ccc(NC(=O)Nc2ccc(OCC)cc2)cc1. The molecule has 6 nitrogen and oxygen atoms in total. The number of hydrogen-bond donors (Lipinski definition) is 2. The molecule has 2 aromatic rings. The second kappa shape index (κ2) is 8.57. The van der Waals surface area contributed by atoms with Crippen LogP contribution in [0.25, 0.3) is 0 Å². The van der Waals surface area contributed by atoms with E-state index in [4.69, 9.17) is 9.47 Å². The molecule has 2 N–H and O–H groups in total. The third-order valence-electron chi connectivity index (χ3n) is 3.08. The molecule has 0 saturated carbocycles. The van der Waals surface area contributed by atoms with Gasteiger partial charge in [0.25, 0.3) is 0 Å². The number of benzene rings is 2. The zero-order chi connectivity index (χ0) is 17.4. The number of anilines is 2. The number of ether oxygens (including phenoxy) is 2. The van der Waals surface area contributed by atoms with Crippen molar-refractivity contribution in [3.8, 4) is 5.75 Å². The topological polar surface area (TPSA) is 76.7 Å². The fourth-order valence-electron chi connectivity index (χ4n) is 2.00.